The summed E-state index contributed by atoms with van der Waals surface area (Å²) >= 11 is 0. The Kier molecular flexibility index (Phi) is 47.7. The molecule has 0 aliphatic carbocycles. The topological polar surface area (TPSA) is 95.9 Å². The number of hydrogen-bond acceptors (Lipinski definition) is 5. The summed E-state index contributed by atoms with van der Waals surface area (Å²) in [5.74, 6) is -0.535. The molecule has 0 radical (unpaired) electrons. The predicted octanol–water partition coefficient (Wildman–Crippen LogP) is 16.0. The molecule has 3 N–H and O–H groups in total. The lowest BCUT2D eigenvalue weighted by Crippen LogP contribution is -2.46. The van der Waals surface area contributed by atoms with Crippen LogP contribution in [0.3, 0.4) is 0 Å². The molecule has 0 aliphatic heterocycles. The van der Waals surface area contributed by atoms with Gasteiger partial charge in [-0.3, -0.25) is 9.59 Å². The first-order chi connectivity index (χ1) is 31.0. The molecule has 0 bridgehead atoms. The van der Waals surface area contributed by atoms with E-state index in [1.165, 1.54) is 77.0 Å². The molecule has 0 aliphatic rings. The van der Waals surface area contributed by atoms with Gasteiger partial charge in [0.2, 0.25) is 5.91 Å². The summed E-state index contributed by atoms with van der Waals surface area (Å²) in [7, 11) is 0. The standard InChI is InChI=1S/C57H99NO5/c1-4-7-10-13-16-19-22-25-26-27-28-29-30-32-35-38-41-44-47-50-57(62)63-53(48-45-42-39-36-33-31-23-20-17-14-11-8-5-2)51-56(61)58-54(52-59)55(60)49-46-43-40-37-34-24-21-18-15-12-9-6-3/h7,10,16-17,19-20,23,25-26,28-29,31-32,35,53-55,59-60H,4-6,8-9,11-15,18,21-22,24,27,30,33-34,36-52H2,1-3H3,(H,58,61)/b10-7-,19-16-,20-17+,26-25-,29-28-,31-23+,35-32-. The average molecular weight is 878 g/mol. The summed E-state index contributed by atoms with van der Waals surface area (Å²) in [5.41, 5.74) is 0. The second-order valence-corrected chi connectivity index (χ2v) is 17.6. The van der Waals surface area contributed by atoms with E-state index in [2.05, 4.69) is 111 Å². The molecule has 0 spiro atoms. The number of carbonyl (C=O) groups is 2. The van der Waals surface area contributed by atoms with Crippen LogP contribution in [0.25, 0.3) is 0 Å². The Balaban J connectivity index is 4.66. The number of rotatable bonds is 46. The lowest BCUT2D eigenvalue weighted by atomic mass is 10.0. The summed E-state index contributed by atoms with van der Waals surface area (Å²) in [6.45, 7) is 6.32. The number of esters is 1. The molecule has 3 atom stereocenters. The summed E-state index contributed by atoms with van der Waals surface area (Å²) < 4.78 is 5.91. The van der Waals surface area contributed by atoms with Crippen LogP contribution in [0.2, 0.25) is 0 Å². The van der Waals surface area contributed by atoms with E-state index in [4.69, 9.17) is 4.74 Å². The van der Waals surface area contributed by atoms with E-state index in [1.807, 2.05) is 0 Å². The number of allylic oxidation sites excluding steroid dienone is 14. The van der Waals surface area contributed by atoms with Crippen molar-refractivity contribution in [2.45, 2.75) is 257 Å². The third-order valence-corrected chi connectivity index (χ3v) is 11.5. The first-order valence-electron chi connectivity index (χ1n) is 26.3. The number of carbonyl (C=O) groups excluding carboxylic acids is 2. The van der Waals surface area contributed by atoms with Gasteiger partial charge in [0.1, 0.15) is 6.10 Å². The van der Waals surface area contributed by atoms with Gasteiger partial charge in [-0.2, -0.15) is 0 Å². The van der Waals surface area contributed by atoms with E-state index < -0.39 is 18.2 Å². The van der Waals surface area contributed by atoms with Gasteiger partial charge < -0.3 is 20.3 Å². The number of aliphatic hydroxyl groups excluding tert-OH is 2. The summed E-state index contributed by atoms with van der Waals surface area (Å²) in [4.78, 5) is 26.2. The van der Waals surface area contributed by atoms with Gasteiger partial charge in [-0.05, 0) is 96.3 Å². The Bertz CT molecular complexity index is 1210. The predicted molar refractivity (Wildman–Crippen MR) is 273 cm³/mol. The van der Waals surface area contributed by atoms with Crippen molar-refractivity contribution in [3.8, 4) is 0 Å². The van der Waals surface area contributed by atoms with Gasteiger partial charge in [0, 0.05) is 6.42 Å². The van der Waals surface area contributed by atoms with E-state index in [1.54, 1.807) is 0 Å². The maximum Gasteiger partial charge on any atom is 0.306 e. The molecule has 0 rings (SSSR count). The molecule has 0 heterocycles. The van der Waals surface area contributed by atoms with Crippen LogP contribution in [-0.4, -0.2) is 46.9 Å². The number of hydrogen-bond donors (Lipinski definition) is 3. The molecule has 0 fully saturated rings. The van der Waals surface area contributed by atoms with E-state index in [9.17, 15) is 19.8 Å². The molecule has 3 unspecified atom stereocenters. The number of ether oxygens (including phenoxy) is 1. The van der Waals surface area contributed by atoms with Crippen LogP contribution in [-0.2, 0) is 14.3 Å². The van der Waals surface area contributed by atoms with Crippen molar-refractivity contribution in [3.63, 3.8) is 0 Å². The second-order valence-electron chi connectivity index (χ2n) is 17.6. The highest BCUT2D eigenvalue weighted by Crippen LogP contribution is 2.17. The zero-order valence-corrected chi connectivity index (χ0v) is 41.2. The average Bonchev–Trinajstić information content (AvgIpc) is 3.28. The monoisotopic (exact) mass is 878 g/mol. The van der Waals surface area contributed by atoms with E-state index in [0.29, 0.717) is 19.3 Å². The van der Waals surface area contributed by atoms with Crippen LogP contribution < -0.4 is 5.32 Å². The Labute approximate surface area is 389 Å². The largest absolute Gasteiger partial charge is 0.462 e. The van der Waals surface area contributed by atoms with Crippen molar-refractivity contribution >= 4 is 11.9 Å². The van der Waals surface area contributed by atoms with Gasteiger partial charge in [0.25, 0.3) is 0 Å². The van der Waals surface area contributed by atoms with Crippen molar-refractivity contribution < 1.29 is 24.5 Å². The van der Waals surface area contributed by atoms with Gasteiger partial charge in [0.05, 0.1) is 25.2 Å². The third kappa shape index (κ3) is 45.4. The molecule has 0 saturated carbocycles. The molecule has 0 aromatic carbocycles. The molecule has 362 valence electrons. The maximum atomic E-state index is 13.2. The Morgan fingerprint density at radius 3 is 1.43 bits per heavy atom. The van der Waals surface area contributed by atoms with Crippen molar-refractivity contribution in [2.24, 2.45) is 0 Å². The molecular weight excluding hydrogens is 779 g/mol. The SMILES string of the molecule is CC/C=C\C/C=C\C/C=C\C/C=C\C/C=C\CCCCCC(=O)OC(CCCCCC/C=C/C=C/CCCCC)CC(=O)NC(CO)C(O)CCCCCCCCCCCCCC. The molecule has 6 heteroatoms. The molecule has 0 aromatic rings. The van der Waals surface area contributed by atoms with Gasteiger partial charge in [0.15, 0.2) is 0 Å². The molecule has 0 aromatic heterocycles. The van der Waals surface area contributed by atoms with Crippen molar-refractivity contribution in [1.82, 2.24) is 5.32 Å². The minimum Gasteiger partial charge on any atom is -0.462 e. The zero-order chi connectivity index (χ0) is 45.9. The van der Waals surface area contributed by atoms with E-state index in [-0.39, 0.29) is 24.9 Å². The maximum absolute atomic E-state index is 13.2. The Morgan fingerprint density at radius 2 is 0.905 bits per heavy atom. The van der Waals surface area contributed by atoms with Gasteiger partial charge in [-0.15, -0.1) is 0 Å². The third-order valence-electron chi connectivity index (χ3n) is 11.5. The lowest BCUT2D eigenvalue weighted by molar-refractivity contribution is -0.151. The number of aliphatic hydroxyl groups is 2. The normalized spacial score (nSPS) is 13.9. The molecule has 6 nitrogen and oxygen atoms in total. The number of unbranched alkanes of at least 4 members (excludes halogenated alkanes) is 21. The van der Waals surface area contributed by atoms with Crippen molar-refractivity contribution in [3.05, 3.63) is 85.1 Å². The van der Waals surface area contributed by atoms with E-state index >= 15 is 0 Å². The summed E-state index contributed by atoms with van der Waals surface area (Å²) in [5, 5.41) is 23.8. The fourth-order valence-electron chi connectivity index (χ4n) is 7.51. The van der Waals surface area contributed by atoms with Gasteiger partial charge >= 0.3 is 5.97 Å². The van der Waals surface area contributed by atoms with Crippen LogP contribution in [0, 0.1) is 0 Å². The second kappa shape index (κ2) is 50.0. The molecular formula is C57H99NO5. The van der Waals surface area contributed by atoms with Gasteiger partial charge in [-0.1, -0.05) is 215 Å². The highest BCUT2D eigenvalue weighted by Gasteiger charge is 2.24. The van der Waals surface area contributed by atoms with Crippen LogP contribution in [0.1, 0.15) is 239 Å². The Hall–Kier alpha value is -2.96. The first-order valence-corrected chi connectivity index (χ1v) is 26.3. The first kappa shape index (κ1) is 60.0. The molecule has 63 heavy (non-hydrogen) atoms. The van der Waals surface area contributed by atoms with Gasteiger partial charge in [-0.25, -0.2) is 0 Å². The van der Waals surface area contributed by atoms with Crippen LogP contribution in [0.15, 0.2) is 85.1 Å². The minimum absolute atomic E-state index is 0.0466. The highest BCUT2D eigenvalue weighted by molar-refractivity contribution is 5.77. The molecule has 0 saturated heterocycles. The summed E-state index contributed by atoms with van der Waals surface area (Å²) in [6.07, 6.45) is 64.9. The fraction of sp³-hybridized carbons (Fsp3) is 0.719. The van der Waals surface area contributed by atoms with Crippen molar-refractivity contribution in [1.29, 1.82) is 0 Å². The van der Waals surface area contributed by atoms with Crippen LogP contribution in [0.5, 0.6) is 0 Å². The highest BCUT2D eigenvalue weighted by atomic mass is 16.5. The zero-order valence-electron chi connectivity index (χ0n) is 41.2. The summed E-state index contributed by atoms with van der Waals surface area (Å²) in [6, 6.07) is -0.719. The van der Waals surface area contributed by atoms with Crippen molar-refractivity contribution in [2.75, 3.05) is 6.61 Å². The smallest absolute Gasteiger partial charge is 0.306 e. The Morgan fingerprint density at radius 1 is 0.492 bits per heavy atom. The van der Waals surface area contributed by atoms with Crippen LogP contribution >= 0.6 is 0 Å². The quantitative estimate of drug-likeness (QED) is 0.0245. The number of nitrogens with one attached hydrogen (secondary N) is 1. The number of amides is 1. The van der Waals surface area contributed by atoms with Crippen LogP contribution in [0.4, 0.5) is 0 Å². The van der Waals surface area contributed by atoms with E-state index in [0.717, 1.165) is 116 Å². The lowest BCUT2D eigenvalue weighted by Gasteiger charge is -2.24. The minimum atomic E-state index is -0.803. The fourth-order valence-corrected chi connectivity index (χ4v) is 7.51. The molecule has 1 amide bonds.